The first-order chi connectivity index (χ1) is 14.1. The summed E-state index contributed by atoms with van der Waals surface area (Å²) in [5.74, 6) is -0.248. The van der Waals surface area contributed by atoms with Crippen LogP contribution in [0.4, 0.5) is 0 Å². The highest BCUT2D eigenvalue weighted by Crippen LogP contribution is 2.35. The Labute approximate surface area is 183 Å². The lowest BCUT2D eigenvalue weighted by atomic mass is 9.83. The summed E-state index contributed by atoms with van der Waals surface area (Å²) in [6.07, 6.45) is 1.36. The predicted octanol–water partition coefficient (Wildman–Crippen LogP) is 3.91. The summed E-state index contributed by atoms with van der Waals surface area (Å²) < 4.78 is 7.19. The van der Waals surface area contributed by atoms with E-state index in [1.807, 2.05) is 11.6 Å². The van der Waals surface area contributed by atoms with Crippen LogP contribution in [-0.2, 0) is 29.0 Å². The molecule has 30 heavy (non-hydrogen) atoms. The number of benzene rings is 2. The van der Waals surface area contributed by atoms with E-state index in [0.717, 1.165) is 53.8 Å². The SMILES string of the molecule is CCOC(=O)CC(c1ccc2c(c1)CNCC2)c1ccc2c(nnn2CC)c1C.Cl. The van der Waals surface area contributed by atoms with Crippen LogP contribution < -0.4 is 5.32 Å². The van der Waals surface area contributed by atoms with Gasteiger partial charge in [0.2, 0.25) is 0 Å². The third kappa shape index (κ3) is 4.20. The lowest BCUT2D eigenvalue weighted by Crippen LogP contribution is -2.24. The zero-order valence-corrected chi connectivity index (χ0v) is 18.6. The quantitative estimate of drug-likeness (QED) is 0.603. The van der Waals surface area contributed by atoms with Crippen LogP contribution in [0.1, 0.15) is 54.0 Å². The number of nitrogens with one attached hydrogen (secondary N) is 1. The lowest BCUT2D eigenvalue weighted by Gasteiger charge is -2.23. The first-order valence-electron chi connectivity index (χ1n) is 10.4. The molecule has 1 aromatic heterocycles. The van der Waals surface area contributed by atoms with Gasteiger partial charge in [0.05, 0.1) is 18.5 Å². The third-order valence-electron chi connectivity index (χ3n) is 5.85. The van der Waals surface area contributed by atoms with Gasteiger partial charge in [-0.05, 0) is 67.6 Å². The van der Waals surface area contributed by atoms with Gasteiger partial charge in [-0.15, -0.1) is 17.5 Å². The molecule has 3 aromatic rings. The molecule has 1 unspecified atom stereocenters. The number of fused-ring (bicyclic) bond motifs is 2. The fourth-order valence-corrected chi connectivity index (χ4v) is 4.31. The molecule has 1 aliphatic rings. The second-order valence-electron chi connectivity index (χ2n) is 7.57. The summed E-state index contributed by atoms with van der Waals surface area (Å²) in [4.78, 5) is 12.4. The van der Waals surface area contributed by atoms with Gasteiger partial charge in [0.15, 0.2) is 0 Å². The summed E-state index contributed by atoms with van der Waals surface area (Å²) in [6, 6.07) is 10.8. The normalized spacial score (nSPS) is 14.1. The molecular formula is C23H29ClN4O2. The number of halogens is 1. The van der Waals surface area contributed by atoms with E-state index < -0.39 is 0 Å². The van der Waals surface area contributed by atoms with Crippen LogP contribution in [0, 0.1) is 6.92 Å². The van der Waals surface area contributed by atoms with Crippen LogP contribution in [0.25, 0.3) is 11.0 Å². The molecule has 0 saturated heterocycles. The Morgan fingerprint density at radius 1 is 1.23 bits per heavy atom. The summed E-state index contributed by atoms with van der Waals surface area (Å²) in [5.41, 5.74) is 7.96. The Morgan fingerprint density at radius 3 is 2.83 bits per heavy atom. The van der Waals surface area contributed by atoms with E-state index in [-0.39, 0.29) is 24.3 Å². The molecule has 0 amide bonds. The second-order valence-corrected chi connectivity index (χ2v) is 7.57. The van der Waals surface area contributed by atoms with Gasteiger partial charge < -0.3 is 10.1 Å². The Kier molecular flexibility index (Phi) is 7.10. The maximum Gasteiger partial charge on any atom is 0.306 e. The summed E-state index contributed by atoms with van der Waals surface area (Å²) in [5, 5.41) is 12.1. The number of carbonyl (C=O) groups excluding carboxylic acids is 1. The molecule has 2 aromatic carbocycles. The number of nitrogens with zero attached hydrogens (tertiary/aromatic N) is 3. The van der Waals surface area contributed by atoms with Crippen LogP contribution in [-0.4, -0.2) is 34.1 Å². The molecule has 1 aliphatic heterocycles. The maximum atomic E-state index is 12.4. The van der Waals surface area contributed by atoms with E-state index in [9.17, 15) is 4.79 Å². The van der Waals surface area contributed by atoms with Crippen molar-refractivity contribution in [3.8, 4) is 0 Å². The predicted molar refractivity (Wildman–Crippen MR) is 120 cm³/mol. The van der Waals surface area contributed by atoms with Crippen molar-refractivity contribution in [1.82, 2.24) is 20.3 Å². The van der Waals surface area contributed by atoms with Crippen molar-refractivity contribution >= 4 is 29.4 Å². The largest absolute Gasteiger partial charge is 0.466 e. The van der Waals surface area contributed by atoms with Gasteiger partial charge in [-0.3, -0.25) is 4.79 Å². The highest BCUT2D eigenvalue weighted by atomic mass is 35.5. The molecule has 0 radical (unpaired) electrons. The molecule has 2 heterocycles. The third-order valence-corrected chi connectivity index (χ3v) is 5.85. The number of rotatable bonds is 6. The molecule has 160 valence electrons. The van der Waals surface area contributed by atoms with Crippen LogP contribution in [0.15, 0.2) is 30.3 Å². The standard InChI is InChI=1S/C23H28N4O2.ClH/c1-4-27-21-9-8-19(15(3)23(21)25-26-27)20(13-22(28)29-5-2)17-7-6-16-10-11-24-14-18(16)12-17;/h6-9,12,20,24H,4-5,10-11,13-14H2,1-3H3;1H. The first kappa shape index (κ1) is 22.2. The molecule has 1 atom stereocenters. The van der Waals surface area contributed by atoms with Crippen molar-refractivity contribution in [2.45, 2.75) is 52.6 Å². The molecule has 0 saturated carbocycles. The molecule has 0 bridgehead atoms. The lowest BCUT2D eigenvalue weighted by molar-refractivity contribution is -0.143. The summed E-state index contributed by atoms with van der Waals surface area (Å²) >= 11 is 0. The molecular weight excluding hydrogens is 400 g/mol. The number of esters is 1. The fraction of sp³-hybridized carbons (Fsp3) is 0.435. The molecule has 1 N–H and O–H groups in total. The Morgan fingerprint density at radius 2 is 2.07 bits per heavy atom. The topological polar surface area (TPSA) is 69.0 Å². The summed E-state index contributed by atoms with van der Waals surface area (Å²) in [6.45, 7) is 9.03. The fourth-order valence-electron chi connectivity index (χ4n) is 4.31. The average molecular weight is 429 g/mol. The van der Waals surface area contributed by atoms with Gasteiger partial charge >= 0.3 is 5.97 Å². The minimum absolute atomic E-state index is 0. The zero-order valence-electron chi connectivity index (χ0n) is 17.8. The van der Waals surface area contributed by atoms with Crippen LogP contribution in [0.5, 0.6) is 0 Å². The van der Waals surface area contributed by atoms with Gasteiger partial charge in [-0.1, -0.05) is 29.5 Å². The van der Waals surface area contributed by atoms with E-state index in [1.54, 1.807) is 0 Å². The number of aromatic nitrogens is 3. The van der Waals surface area contributed by atoms with Gasteiger partial charge in [-0.2, -0.15) is 0 Å². The Balaban J connectivity index is 0.00000256. The molecule has 7 heteroatoms. The number of aryl methyl sites for hydroxylation is 2. The molecule has 0 fully saturated rings. The second kappa shape index (κ2) is 9.58. The summed E-state index contributed by atoms with van der Waals surface area (Å²) in [7, 11) is 0. The van der Waals surface area contributed by atoms with Crippen molar-refractivity contribution < 1.29 is 9.53 Å². The zero-order chi connectivity index (χ0) is 20.4. The van der Waals surface area contributed by atoms with Gasteiger partial charge in [0.1, 0.15) is 5.52 Å². The number of ether oxygens (including phenoxy) is 1. The maximum absolute atomic E-state index is 12.4. The van der Waals surface area contributed by atoms with Crippen LogP contribution >= 0.6 is 12.4 Å². The van der Waals surface area contributed by atoms with Gasteiger partial charge in [-0.25, -0.2) is 4.68 Å². The average Bonchev–Trinajstić information content (AvgIpc) is 3.16. The smallest absolute Gasteiger partial charge is 0.306 e. The van der Waals surface area contributed by atoms with Crippen molar-refractivity contribution in [1.29, 1.82) is 0 Å². The van der Waals surface area contributed by atoms with E-state index in [4.69, 9.17) is 4.74 Å². The molecule has 0 spiro atoms. The van der Waals surface area contributed by atoms with E-state index in [0.29, 0.717) is 13.0 Å². The van der Waals surface area contributed by atoms with Crippen molar-refractivity contribution in [3.63, 3.8) is 0 Å². The van der Waals surface area contributed by atoms with Gasteiger partial charge in [0, 0.05) is 19.0 Å². The van der Waals surface area contributed by atoms with Crippen molar-refractivity contribution in [3.05, 3.63) is 58.1 Å². The van der Waals surface area contributed by atoms with Gasteiger partial charge in [0.25, 0.3) is 0 Å². The minimum atomic E-state index is -0.176. The highest BCUT2D eigenvalue weighted by Gasteiger charge is 2.24. The molecule has 6 nitrogen and oxygen atoms in total. The van der Waals surface area contributed by atoms with E-state index >= 15 is 0 Å². The number of hydrogen-bond donors (Lipinski definition) is 1. The monoisotopic (exact) mass is 428 g/mol. The Hall–Kier alpha value is -2.44. The highest BCUT2D eigenvalue weighted by molar-refractivity contribution is 5.85. The number of hydrogen-bond acceptors (Lipinski definition) is 5. The Bertz CT molecular complexity index is 1050. The minimum Gasteiger partial charge on any atom is -0.466 e. The van der Waals surface area contributed by atoms with E-state index in [2.05, 4.69) is 59.8 Å². The first-order valence-corrected chi connectivity index (χ1v) is 10.4. The van der Waals surface area contributed by atoms with Crippen LogP contribution in [0.3, 0.4) is 0 Å². The molecule has 0 aliphatic carbocycles. The molecule has 4 rings (SSSR count). The van der Waals surface area contributed by atoms with Crippen LogP contribution in [0.2, 0.25) is 0 Å². The van der Waals surface area contributed by atoms with E-state index in [1.165, 1.54) is 11.1 Å². The number of carbonyl (C=O) groups is 1. The van der Waals surface area contributed by atoms with Crippen molar-refractivity contribution in [2.75, 3.05) is 13.2 Å². The van der Waals surface area contributed by atoms with Crippen molar-refractivity contribution in [2.24, 2.45) is 0 Å².